The summed E-state index contributed by atoms with van der Waals surface area (Å²) in [6.45, 7) is 0.0698. The second-order valence-corrected chi connectivity index (χ2v) is 2.37. The zero-order valence-electron chi connectivity index (χ0n) is 8.52. The van der Waals surface area contributed by atoms with Crippen LogP contribution < -0.4 is 10.5 Å². The molecule has 1 aromatic carbocycles. The number of terminal acetylenes is 1. The topological polar surface area (TPSA) is 52.3 Å². The molecular weight excluding hydrogens is 214 g/mol. The normalized spacial score (nSPS) is 7.27. The highest BCUT2D eigenvalue weighted by Gasteiger charge is 1.92. The number of nitrogens with two attached hydrogens (primary N) is 1. The molecule has 0 bridgehead atoms. The molecule has 0 aliphatic rings. The van der Waals surface area contributed by atoms with Crippen molar-refractivity contribution in [3.63, 3.8) is 0 Å². The van der Waals surface area contributed by atoms with Crippen LogP contribution in [0.4, 0.5) is 0 Å². The molecule has 1 rings (SSSR count). The number of hydrogen-bond acceptors (Lipinski definition) is 3. The van der Waals surface area contributed by atoms with Crippen molar-refractivity contribution >= 4 is 17.9 Å². The number of carbonyl (C=O) groups excluding carboxylic acids is 1. The molecule has 0 fully saturated rings. The van der Waals surface area contributed by atoms with Gasteiger partial charge in [-0.1, -0.05) is 17.7 Å². The molecule has 0 atom stereocenters. The largest absolute Gasteiger partial charge is 0.486 e. The fraction of sp³-hybridized carbons (Fsp3) is 0.182. The number of aldehydes is 1. The molecule has 0 radical (unpaired) electrons. The third-order valence-electron chi connectivity index (χ3n) is 1.11. The standard InChI is InChI=1S/C8H7ClO2.C2H2.CH5N/c9-7-2-1-3-8(6-7)11-5-4-10;2*1-2/h1-4,6H,5H2;1-2H;2H2,1H3. The van der Waals surface area contributed by atoms with E-state index < -0.39 is 0 Å². The number of carbonyl (C=O) groups is 1. The van der Waals surface area contributed by atoms with Crippen LogP contribution >= 0.6 is 11.6 Å². The number of rotatable bonds is 3. The molecule has 0 amide bonds. The van der Waals surface area contributed by atoms with Crippen molar-refractivity contribution in [3.8, 4) is 18.6 Å². The molecule has 15 heavy (non-hydrogen) atoms. The molecule has 4 heteroatoms. The lowest BCUT2D eigenvalue weighted by Crippen LogP contribution is -1.96. The van der Waals surface area contributed by atoms with E-state index in [9.17, 15) is 4.79 Å². The molecule has 0 unspecified atom stereocenters. The van der Waals surface area contributed by atoms with E-state index in [-0.39, 0.29) is 6.61 Å². The van der Waals surface area contributed by atoms with E-state index >= 15 is 0 Å². The highest BCUT2D eigenvalue weighted by Crippen LogP contribution is 2.16. The van der Waals surface area contributed by atoms with Crippen molar-refractivity contribution in [3.05, 3.63) is 29.3 Å². The van der Waals surface area contributed by atoms with Gasteiger partial charge < -0.3 is 10.5 Å². The molecule has 0 aliphatic carbocycles. The van der Waals surface area contributed by atoms with Crippen molar-refractivity contribution in [2.24, 2.45) is 5.73 Å². The van der Waals surface area contributed by atoms with Gasteiger partial charge in [0.1, 0.15) is 12.4 Å². The molecular formula is C11H14ClNO2. The van der Waals surface area contributed by atoms with Gasteiger partial charge in [0, 0.05) is 5.02 Å². The second-order valence-electron chi connectivity index (χ2n) is 1.94. The Morgan fingerprint density at radius 2 is 2.07 bits per heavy atom. The first-order valence-electron chi connectivity index (χ1n) is 4.06. The molecule has 82 valence electrons. The third kappa shape index (κ3) is 8.82. The van der Waals surface area contributed by atoms with E-state index in [2.05, 4.69) is 18.6 Å². The quantitative estimate of drug-likeness (QED) is 0.632. The Hall–Kier alpha value is -1.50. The van der Waals surface area contributed by atoms with Crippen LogP contribution in [-0.2, 0) is 4.79 Å². The van der Waals surface area contributed by atoms with Gasteiger partial charge in [-0.3, -0.25) is 4.79 Å². The molecule has 1 aromatic rings. The smallest absolute Gasteiger partial charge is 0.157 e. The van der Waals surface area contributed by atoms with Gasteiger partial charge in [-0.05, 0) is 25.2 Å². The minimum Gasteiger partial charge on any atom is -0.486 e. The van der Waals surface area contributed by atoms with Crippen molar-refractivity contribution in [2.45, 2.75) is 0 Å². The van der Waals surface area contributed by atoms with Gasteiger partial charge in [0.2, 0.25) is 0 Å². The van der Waals surface area contributed by atoms with Gasteiger partial charge >= 0.3 is 0 Å². The fourth-order valence-electron chi connectivity index (χ4n) is 0.687. The first-order chi connectivity index (χ1) is 7.33. The lowest BCUT2D eigenvalue weighted by Gasteiger charge is -2.00. The van der Waals surface area contributed by atoms with E-state index in [1.165, 1.54) is 7.05 Å². The summed E-state index contributed by atoms with van der Waals surface area (Å²) < 4.78 is 4.98. The molecule has 0 saturated carbocycles. The van der Waals surface area contributed by atoms with Crippen LogP contribution in [0.5, 0.6) is 5.75 Å². The van der Waals surface area contributed by atoms with E-state index in [1.54, 1.807) is 24.3 Å². The first-order valence-corrected chi connectivity index (χ1v) is 4.44. The van der Waals surface area contributed by atoms with Gasteiger partial charge in [0.25, 0.3) is 0 Å². The average Bonchev–Trinajstić information content (AvgIpc) is 2.32. The first kappa shape index (κ1) is 15.9. The highest BCUT2D eigenvalue weighted by molar-refractivity contribution is 6.30. The second kappa shape index (κ2) is 12.5. The van der Waals surface area contributed by atoms with Crippen LogP contribution in [0.2, 0.25) is 5.02 Å². The summed E-state index contributed by atoms with van der Waals surface area (Å²) in [5, 5.41) is 0.605. The fourth-order valence-corrected chi connectivity index (χ4v) is 0.867. The van der Waals surface area contributed by atoms with E-state index in [0.29, 0.717) is 17.1 Å². The molecule has 0 heterocycles. The van der Waals surface area contributed by atoms with Gasteiger partial charge in [-0.15, -0.1) is 12.8 Å². The molecule has 0 aliphatic heterocycles. The maximum absolute atomic E-state index is 9.91. The van der Waals surface area contributed by atoms with Crippen molar-refractivity contribution in [2.75, 3.05) is 13.7 Å². The minimum atomic E-state index is 0.0698. The lowest BCUT2D eigenvalue weighted by atomic mass is 10.3. The predicted molar refractivity (Wildman–Crippen MR) is 63.0 cm³/mol. The Kier molecular flexibility index (Phi) is 13.3. The lowest BCUT2D eigenvalue weighted by molar-refractivity contribution is -0.109. The zero-order valence-corrected chi connectivity index (χ0v) is 9.28. The summed E-state index contributed by atoms with van der Waals surface area (Å²) in [5.41, 5.74) is 4.50. The monoisotopic (exact) mass is 227 g/mol. The van der Waals surface area contributed by atoms with Crippen LogP contribution in [0.25, 0.3) is 0 Å². The molecule has 2 N–H and O–H groups in total. The Balaban J connectivity index is 0. The molecule has 0 saturated heterocycles. The summed E-state index contributed by atoms with van der Waals surface area (Å²) in [6.07, 6.45) is 8.70. The zero-order chi connectivity index (χ0) is 12.1. The average molecular weight is 228 g/mol. The van der Waals surface area contributed by atoms with Gasteiger partial charge in [-0.25, -0.2) is 0 Å². The van der Waals surface area contributed by atoms with E-state index in [4.69, 9.17) is 16.3 Å². The van der Waals surface area contributed by atoms with Gasteiger partial charge in [0.05, 0.1) is 0 Å². The van der Waals surface area contributed by atoms with Crippen LogP contribution in [0, 0.1) is 12.8 Å². The number of hydrogen-bond donors (Lipinski definition) is 1. The maximum Gasteiger partial charge on any atom is 0.157 e. The summed E-state index contributed by atoms with van der Waals surface area (Å²) >= 11 is 5.66. The Morgan fingerprint density at radius 1 is 1.47 bits per heavy atom. The third-order valence-corrected chi connectivity index (χ3v) is 1.35. The Labute approximate surface area is 95.2 Å². The summed E-state index contributed by atoms with van der Waals surface area (Å²) in [5.74, 6) is 0.615. The number of halogens is 1. The SMILES string of the molecule is C#C.CN.O=CCOc1cccc(Cl)c1. The van der Waals surface area contributed by atoms with Crippen molar-refractivity contribution in [1.29, 1.82) is 0 Å². The van der Waals surface area contributed by atoms with Crippen molar-refractivity contribution < 1.29 is 9.53 Å². The predicted octanol–water partition coefficient (Wildman–Crippen LogP) is 1.74. The van der Waals surface area contributed by atoms with Crippen LogP contribution in [0.15, 0.2) is 24.3 Å². The number of benzene rings is 1. The highest BCUT2D eigenvalue weighted by atomic mass is 35.5. The van der Waals surface area contributed by atoms with Crippen molar-refractivity contribution in [1.82, 2.24) is 0 Å². The van der Waals surface area contributed by atoms with Crippen LogP contribution in [-0.4, -0.2) is 19.9 Å². The summed E-state index contributed by atoms with van der Waals surface area (Å²) in [4.78, 5) is 9.91. The van der Waals surface area contributed by atoms with Gasteiger partial charge in [-0.2, -0.15) is 0 Å². The van der Waals surface area contributed by atoms with Gasteiger partial charge in [0.15, 0.2) is 6.29 Å². The summed E-state index contributed by atoms with van der Waals surface area (Å²) in [7, 11) is 1.50. The maximum atomic E-state index is 9.91. The Bertz CT molecular complexity index is 287. The Morgan fingerprint density at radius 3 is 2.53 bits per heavy atom. The van der Waals surface area contributed by atoms with Crippen LogP contribution in [0.1, 0.15) is 0 Å². The number of ether oxygens (including phenoxy) is 1. The van der Waals surface area contributed by atoms with Crippen LogP contribution in [0.3, 0.4) is 0 Å². The minimum absolute atomic E-state index is 0.0698. The molecule has 0 spiro atoms. The van der Waals surface area contributed by atoms with E-state index in [0.717, 1.165) is 0 Å². The molecule has 3 nitrogen and oxygen atoms in total. The summed E-state index contributed by atoms with van der Waals surface area (Å²) in [6, 6.07) is 6.91. The molecule has 0 aromatic heterocycles. The van der Waals surface area contributed by atoms with E-state index in [1.807, 2.05) is 0 Å².